The van der Waals surface area contributed by atoms with Gasteiger partial charge in [-0.1, -0.05) is 11.2 Å². The van der Waals surface area contributed by atoms with E-state index in [2.05, 4.69) is 5.16 Å². The zero-order valence-electron chi connectivity index (χ0n) is 8.17. The van der Waals surface area contributed by atoms with Gasteiger partial charge in [0.2, 0.25) is 6.79 Å². The summed E-state index contributed by atoms with van der Waals surface area (Å²) < 4.78 is 15.3. The maximum absolute atomic E-state index is 10.8. The van der Waals surface area contributed by atoms with Crippen molar-refractivity contribution in [3.8, 4) is 22.8 Å². The summed E-state index contributed by atoms with van der Waals surface area (Å²) in [4.78, 5) is 10.8. The molecule has 1 aromatic heterocycles. The van der Waals surface area contributed by atoms with Crippen molar-refractivity contribution < 1.29 is 18.8 Å². The summed E-state index contributed by atoms with van der Waals surface area (Å²) in [6, 6.07) is 5.41. The van der Waals surface area contributed by atoms with Crippen molar-refractivity contribution >= 4 is 6.29 Å². The summed E-state index contributed by atoms with van der Waals surface area (Å²) in [5, 5.41) is 3.79. The molecular formula is C11H7NO4. The van der Waals surface area contributed by atoms with Crippen LogP contribution in [0.3, 0.4) is 0 Å². The number of nitrogens with zero attached hydrogens (tertiary/aromatic N) is 1. The monoisotopic (exact) mass is 217 g/mol. The maximum Gasteiger partial charge on any atom is 0.231 e. The molecule has 80 valence electrons. The summed E-state index contributed by atoms with van der Waals surface area (Å²) in [5.41, 5.74) is 1.56. The molecule has 1 aliphatic rings. The predicted molar refractivity (Wildman–Crippen MR) is 53.4 cm³/mol. The molecule has 0 N–H and O–H groups in total. The molecular weight excluding hydrogens is 210 g/mol. The van der Waals surface area contributed by atoms with Gasteiger partial charge in [-0.2, -0.15) is 0 Å². The molecule has 0 amide bonds. The topological polar surface area (TPSA) is 61.6 Å². The number of hydrogen-bond donors (Lipinski definition) is 0. The van der Waals surface area contributed by atoms with E-state index in [1.54, 1.807) is 12.1 Å². The summed E-state index contributed by atoms with van der Waals surface area (Å²) in [7, 11) is 0. The number of fused-ring (bicyclic) bond motifs is 1. The molecule has 0 atom stereocenters. The highest BCUT2D eigenvalue weighted by Crippen LogP contribution is 2.41. The van der Waals surface area contributed by atoms with Crippen molar-refractivity contribution in [3.63, 3.8) is 0 Å². The average molecular weight is 217 g/mol. The van der Waals surface area contributed by atoms with E-state index in [1.807, 2.05) is 6.07 Å². The number of carbonyl (C=O) groups is 1. The Morgan fingerprint density at radius 2 is 2.25 bits per heavy atom. The minimum atomic E-state index is 0.181. The molecule has 2 aromatic rings. The van der Waals surface area contributed by atoms with E-state index in [9.17, 15) is 4.79 Å². The van der Waals surface area contributed by atoms with Gasteiger partial charge in [-0.15, -0.1) is 0 Å². The minimum absolute atomic E-state index is 0.181. The lowest BCUT2D eigenvalue weighted by Crippen LogP contribution is -1.94. The highest BCUT2D eigenvalue weighted by atomic mass is 16.7. The van der Waals surface area contributed by atoms with Gasteiger partial charge in [0, 0.05) is 0 Å². The zero-order valence-corrected chi connectivity index (χ0v) is 8.17. The molecule has 0 unspecified atom stereocenters. The van der Waals surface area contributed by atoms with Crippen LogP contribution >= 0.6 is 0 Å². The third-order valence-corrected chi connectivity index (χ3v) is 2.38. The van der Waals surface area contributed by atoms with Crippen molar-refractivity contribution in [2.75, 3.05) is 6.79 Å². The molecule has 0 fully saturated rings. The largest absolute Gasteiger partial charge is 0.454 e. The molecule has 16 heavy (non-hydrogen) atoms. The van der Waals surface area contributed by atoms with Crippen molar-refractivity contribution in [1.82, 2.24) is 5.16 Å². The van der Waals surface area contributed by atoms with Gasteiger partial charge in [0.25, 0.3) is 0 Å². The first kappa shape index (κ1) is 8.96. The first-order valence-corrected chi connectivity index (χ1v) is 4.68. The molecule has 0 radical (unpaired) electrons. The Balaban J connectivity index is 2.20. The van der Waals surface area contributed by atoms with Crippen LogP contribution in [-0.4, -0.2) is 18.2 Å². The smallest absolute Gasteiger partial charge is 0.231 e. The van der Waals surface area contributed by atoms with Gasteiger partial charge >= 0.3 is 0 Å². The first-order chi connectivity index (χ1) is 7.90. The Hall–Kier alpha value is -2.30. The van der Waals surface area contributed by atoms with Crippen LogP contribution in [-0.2, 0) is 0 Å². The maximum atomic E-state index is 10.8. The van der Waals surface area contributed by atoms with Crippen LogP contribution in [0.15, 0.2) is 29.0 Å². The Morgan fingerprint density at radius 3 is 3.12 bits per heavy atom. The second kappa shape index (κ2) is 3.37. The first-order valence-electron chi connectivity index (χ1n) is 4.68. The number of aldehydes is 1. The Morgan fingerprint density at radius 1 is 1.31 bits per heavy atom. The lowest BCUT2D eigenvalue weighted by atomic mass is 10.1. The van der Waals surface area contributed by atoms with E-state index < -0.39 is 0 Å². The summed E-state index contributed by atoms with van der Waals surface area (Å²) >= 11 is 0. The van der Waals surface area contributed by atoms with Crippen molar-refractivity contribution in [2.45, 2.75) is 0 Å². The van der Waals surface area contributed by atoms with Gasteiger partial charge in [-0.25, -0.2) is 0 Å². The molecule has 1 aromatic carbocycles. The SMILES string of the molecule is O=Cc1conc1-c1cccc2c1OCO2. The predicted octanol–water partition coefficient (Wildman–Crippen LogP) is 1.88. The molecule has 5 heteroatoms. The van der Waals surface area contributed by atoms with Gasteiger partial charge < -0.3 is 14.0 Å². The normalized spacial score (nSPS) is 12.8. The van der Waals surface area contributed by atoms with Crippen LogP contribution in [0.1, 0.15) is 10.4 Å². The van der Waals surface area contributed by atoms with Crippen LogP contribution in [0, 0.1) is 0 Å². The van der Waals surface area contributed by atoms with E-state index in [0.29, 0.717) is 34.6 Å². The number of aromatic nitrogens is 1. The molecule has 0 spiro atoms. The second-order valence-corrected chi connectivity index (χ2v) is 3.28. The van der Waals surface area contributed by atoms with Crippen molar-refractivity contribution in [2.24, 2.45) is 0 Å². The minimum Gasteiger partial charge on any atom is -0.454 e. The molecule has 3 rings (SSSR count). The molecule has 5 nitrogen and oxygen atoms in total. The van der Waals surface area contributed by atoms with Crippen LogP contribution in [0.5, 0.6) is 11.5 Å². The Kier molecular flexibility index (Phi) is 1.89. The fourth-order valence-corrected chi connectivity index (χ4v) is 1.65. The van der Waals surface area contributed by atoms with Gasteiger partial charge in [-0.3, -0.25) is 4.79 Å². The van der Waals surface area contributed by atoms with E-state index >= 15 is 0 Å². The lowest BCUT2D eigenvalue weighted by Gasteiger charge is -2.02. The quantitative estimate of drug-likeness (QED) is 0.718. The highest BCUT2D eigenvalue weighted by Gasteiger charge is 2.21. The molecule has 0 saturated heterocycles. The van der Waals surface area contributed by atoms with Crippen LogP contribution in [0.2, 0.25) is 0 Å². The molecule has 0 bridgehead atoms. The van der Waals surface area contributed by atoms with E-state index in [1.165, 1.54) is 6.26 Å². The van der Waals surface area contributed by atoms with Gasteiger partial charge in [-0.05, 0) is 12.1 Å². The van der Waals surface area contributed by atoms with Gasteiger partial charge in [0.05, 0.1) is 11.1 Å². The number of benzene rings is 1. The number of ether oxygens (including phenoxy) is 2. The lowest BCUT2D eigenvalue weighted by molar-refractivity contribution is 0.112. The summed E-state index contributed by atoms with van der Waals surface area (Å²) in [6.07, 6.45) is 2.00. The summed E-state index contributed by atoms with van der Waals surface area (Å²) in [5.74, 6) is 1.25. The van der Waals surface area contributed by atoms with E-state index in [4.69, 9.17) is 14.0 Å². The highest BCUT2D eigenvalue weighted by molar-refractivity contribution is 5.87. The molecule has 1 aliphatic heterocycles. The third kappa shape index (κ3) is 1.18. The van der Waals surface area contributed by atoms with Crippen LogP contribution in [0.4, 0.5) is 0 Å². The van der Waals surface area contributed by atoms with Crippen molar-refractivity contribution in [1.29, 1.82) is 0 Å². The number of hydrogen-bond acceptors (Lipinski definition) is 5. The van der Waals surface area contributed by atoms with Gasteiger partial charge in [0.1, 0.15) is 12.0 Å². The standard InChI is InChI=1S/C11H7NO4/c13-4-7-5-16-12-10(7)8-2-1-3-9-11(8)15-6-14-9/h1-5H,6H2. The molecule has 2 heterocycles. The number of carbonyl (C=O) groups excluding carboxylic acids is 1. The average Bonchev–Trinajstić information content (AvgIpc) is 2.96. The Bertz CT molecular complexity index is 547. The molecule has 0 aliphatic carbocycles. The summed E-state index contributed by atoms with van der Waals surface area (Å²) in [6.45, 7) is 0.181. The van der Waals surface area contributed by atoms with Gasteiger partial charge in [0.15, 0.2) is 17.8 Å². The fourth-order valence-electron chi connectivity index (χ4n) is 1.65. The second-order valence-electron chi connectivity index (χ2n) is 3.28. The van der Waals surface area contributed by atoms with Crippen LogP contribution in [0.25, 0.3) is 11.3 Å². The Labute approximate surface area is 90.6 Å². The van der Waals surface area contributed by atoms with E-state index in [-0.39, 0.29) is 6.79 Å². The van der Waals surface area contributed by atoms with Crippen LogP contribution < -0.4 is 9.47 Å². The van der Waals surface area contributed by atoms with E-state index in [0.717, 1.165) is 0 Å². The third-order valence-electron chi connectivity index (χ3n) is 2.38. The molecule has 0 saturated carbocycles. The van der Waals surface area contributed by atoms with Crippen molar-refractivity contribution in [3.05, 3.63) is 30.0 Å². The zero-order chi connectivity index (χ0) is 11.0. The number of para-hydroxylation sites is 1. The fraction of sp³-hybridized carbons (Fsp3) is 0.0909. The number of rotatable bonds is 2.